The highest BCUT2D eigenvalue weighted by molar-refractivity contribution is 8.67. The first kappa shape index (κ1) is 35.9. The average Bonchev–Trinajstić information content (AvgIpc) is 2.86. The Morgan fingerprint density at radius 2 is 0.714 bits per heavy atom. The summed E-state index contributed by atoms with van der Waals surface area (Å²) in [5, 5.41) is 0. The van der Waals surface area contributed by atoms with Crippen LogP contribution in [-0.2, 0) is 20.9 Å². The summed E-state index contributed by atoms with van der Waals surface area (Å²) in [5.74, 6) is 1.10. The molecule has 0 saturated carbocycles. The highest BCUT2D eigenvalue weighted by Gasteiger charge is 2.19. The van der Waals surface area contributed by atoms with E-state index in [2.05, 4.69) is 20.8 Å². The third-order valence-corrected chi connectivity index (χ3v) is 12.2. The first-order valence-corrected chi connectivity index (χ1v) is 19.9. The van der Waals surface area contributed by atoms with E-state index in [0.29, 0.717) is 0 Å². The molecule has 0 aromatic carbocycles. The van der Waals surface area contributed by atoms with Gasteiger partial charge in [0.2, 0.25) is 5.69 Å². The van der Waals surface area contributed by atoms with Gasteiger partial charge < -0.3 is 9.05 Å². The lowest BCUT2D eigenvalue weighted by Crippen LogP contribution is -1.98. The van der Waals surface area contributed by atoms with Crippen LogP contribution in [0.5, 0.6) is 0 Å². The van der Waals surface area contributed by atoms with Crippen LogP contribution >= 0.6 is 17.1 Å². The molecule has 0 aromatic heterocycles. The van der Waals surface area contributed by atoms with Crippen molar-refractivity contribution in [2.45, 2.75) is 175 Å². The minimum absolute atomic E-state index is 0.786. The Balaban J connectivity index is 4.06. The maximum Gasteiger partial charge on any atom is 0.247 e. The second-order valence-corrected chi connectivity index (χ2v) is 16.8. The Morgan fingerprint density at radius 1 is 0.429 bits per heavy atom. The smallest absolute Gasteiger partial charge is 0.247 e. The highest BCUT2D eigenvalue weighted by atomic mass is 32.9. The van der Waals surface area contributed by atoms with Gasteiger partial charge in [0.15, 0.2) is 0 Å². The SMILES string of the molecule is CCCCCCCCCCOP(=S)(OCCCCCCCCCC)SCCCCCCCCCC. The van der Waals surface area contributed by atoms with E-state index in [1.807, 2.05) is 11.4 Å². The Kier molecular flexibility index (Phi) is 30.3. The van der Waals surface area contributed by atoms with Gasteiger partial charge in [-0.25, -0.2) is 0 Å². The highest BCUT2D eigenvalue weighted by Crippen LogP contribution is 2.61. The summed E-state index contributed by atoms with van der Waals surface area (Å²) in [6.45, 7) is 8.42. The summed E-state index contributed by atoms with van der Waals surface area (Å²) in [7, 11) is 0. The second-order valence-electron chi connectivity index (χ2n) is 10.4. The minimum atomic E-state index is -2.18. The van der Waals surface area contributed by atoms with Gasteiger partial charge in [-0.1, -0.05) is 167 Å². The van der Waals surface area contributed by atoms with E-state index in [0.717, 1.165) is 31.8 Å². The molecule has 0 saturated heterocycles. The molecule has 0 heterocycles. The van der Waals surface area contributed by atoms with Crippen LogP contribution < -0.4 is 0 Å². The molecular weight excluding hydrogens is 487 g/mol. The first-order valence-electron chi connectivity index (χ1n) is 15.7. The van der Waals surface area contributed by atoms with Crippen molar-refractivity contribution < 1.29 is 9.05 Å². The van der Waals surface area contributed by atoms with Gasteiger partial charge in [-0.05, 0) is 31.1 Å². The summed E-state index contributed by atoms with van der Waals surface area (Å²) >= 11 is 7.81. The van der Waals surface area contributed by atoms with Gasteiger partial charge in [0.05, 0.1) is 13.2 Å². The topological polar surface area (TPSA) is 18.5 Å². The van der Waals surface area contributed by atoms with Crippen LogP contribution in [-0.4, -0.2) is 19.0 Å². The van der Waals surface area contributed by atoms with Gasteiger partial charge in [0.1, 0.15) is 0 Å². The van der Waals surface area contributed by atoms with Gasteiger partial charge in [-0.2, -0.15) is 0 Å². The maximum absolute atomic E-state index is 6.29. The molecular formula is C30H63O2PS2. The Morgan fingerprint density at radius 3 is 1.06 bits per heavy atom. The number of hydrogen-bond donors (Lipinski definition) is 0. The van der Waals surface area contributed by atoms with E-state index in [1.165, 1.54) is 141 Å². The summed E-state index contributed by atoms with van der Waals surface area (Å²) in [6, 6.07) is 0. The van der Waals surface area contributed by atoms with Crippen LogP contribution in [0, 0.1) is 0 Å². The molecule has 0 aromatic rings. The van der Waals surface area contributed by atoms with Crippen molar-refractivity contribution in [2.75, 3.05) is 19.0 Å². The molecule has 0 fully saturated rings. The zero-order valence-corrected chi connectivity index (χ0v) is 26.7. The zero-order valence-electron chi connectivity index (χ0n) is 24.2. The second kappa shape index (κ2) is 29.5. The molecule has 0 aliphatic carbocycles. The van der Waals surface area contributed by atoms with Crippen molar-refractivity contribution in [2.24, 2.45) is 0 Å². The van der Waals surface area contributed by atoms with Crippen molar-refractivity contribution in [3.05, 3.63) is 0 Å². The van der Waals surface area contributed by atoms with Gasteiger partial charge >= 0.3 is 0 Å². The molecule has 0 unspecified atom stereocenters. The standard InChI is InChI=1S/C30H63O2PS2/c1-4-7-10-13-16-19-22-25-28-31-33(34,32-29-26-23-20-17-14-11-8-5-2)35-30-27-24-21-18-15-12-9-6-3/h4-30H2,1-3H3. The van der Waals surface area contributed by atoms with Gasteiger partial charge in [0, 0.05) is 5.75 Å². The van der Waals surface area contributed by atoms with Crippen molar-refractivity contribution in [3.63, 3.8) is 0 Å². The lowest BCUT2D eigenvalue weighted by atomic mass is 10.1. The first-order chi connectivity index (χ1) is 17.2. The monoisotopic (exact) mass is 550 g/mol. The number of rotatable bonds is 30. The van der Waals surface area contributed by atoms with Crippen LogP contribution in [0.2, 0.25) is 0 Å². The number of hydrogen-bond acceptors (Lipinski definition) is 4. The molecule has 0 rings (SSSR count). The van der Waals surface area contributed by atoms with Crippen LogP contribution in [0.15, 0.2) is 0 Å². The third-order valence-electron chi connectivity index (χ3n) is 6.74. The van der Waals surface area contributed by atoms with Crippen molar-refractivity contribution in [3.8, 4) is 0 Å². The van der Waals surface area contributed by atoms with Crippen LogP contribution in [0.4, 0.5) is 0 Å². The van der Waals surface area contributed by atoms with Crippen molar-refractivity contribution >= 4 is 28.9 Å². The molecule has 0 atom stereocenters. The van der Waals surface area contributed by atoms with Gasteiger partial charge in [-0.15, -0.1) is 0 Å². The molecule has 35 heavy (non-hydrogen) atoms. The van der Waals surface area contributed by atoms with Crippen LogP contribution in [0.1, 0.15) is 175 Å². The van der Waals surface area contributed by atoms with Gasteiger partial charge in [-0.3, -0.25) is 0 Å². The van der Waals surface area contributed by atoms with Crippen molar-refractivity contribution in [1.29, 1.82) is 0 Å². The van der Waals surface area contributed by atoms with Crippen LogP contribution in [0.3, 0.4) is 0 Å². The molecule has 0 radical (unpaired) electrons. The Labute approximate surface area is 231 Å². The predicted molar refractivity (Wildman–Crippen MR) is 166 cm³/mol. The van der Waals surface area contributed by atoms with E-state index >= 15 is 0 Å². The lowest BCUT2D eigenvalue weighted by molar-refractivity contribution is 0.249. The minimum Gasteiger partial charge on any atom is -0.322 e. The molecule has 0 bridgehead atoms. The third kappa shape index (κ3) is 27.8. The quantitative estimate of drug-likeness (QED) is 0.0653. The molecule has 5 heteroatoms. The van der Waals surface area contributed by atoms with Gasteiger partial charge in [0.25, 0.3) is 0 Å². The molecule has 0 N–H and O–H groups in total. The predicted octanol–water partition coefficient (Wildman–Crippen LogP) is 12.4. The molecule has 2 nitrogen and oxygen atoms in total. The van der Waals surface area contributed by atoms with E-state index in [4.69, 9.17) is 20.9 Å². The molecule has 0 aliphatic rings. The maximum atomic E-state index is 6.29. The summed E-state index contributed by atoms with van der Waals surface area (Å²) in [5.41, 5.74) is -2.18. The lowest BCUT2D eigenvalue weighted by Gasteiger charge is -2.21. The van der Waals surface area contributed by atoms with E-state index in [9.17, 15) is 0 Å². The van der Waals surface area contributed by atoms with E-state index in [-0.39, 0.29) is 0 Å². The fraction of sp³-hybridized carbons (Fsp3) is 1.00. The molecule has 212 valence electrons. The normalized spacial score (nSPS) is 12.0. The number of unbranched alkanes of at least 4 members (excludes halogenated alkanes) is 21. The summed E-state index contributed by atoms with van der Waals surface area (Å²) < 4.78 is 12.6. The van der Waals surface area contributed by atoms with Crippen LogP contribution in [0.25, 0.3) is 0 Å². The summed E-state index contributed by atoms with van der Waals surface area (Å²) in [4.78, 5) is 0. The fourth-order valence-corrected chi connectivity index (χ4v) is 8.91. The summed E-state index contributed by atoms with van der Waals surface area (Å²) in [6.07, 6.45) is 32.1. The zero-order chi connectivity index (χ0) is 25.7. The molecule has 0 amide bonds. The van der Waals surface area contributed by atoms with E-state index < -0.39 is 5.69 Å². The molecule has 0 spiro atoms. The fourth-order valence-electron chi connectivity index (χ4n) is 4.35. The molecule has 0 aliphatic heterocycles. The average molecular weight is 551 g/mol. The Hall–Kier alpha value is 0.920. The Bertz CT molecular complexity index is 386. The van der Waals surface area contributed by atoms with Crippen molar-refractivity contribution in [1.82, 2.24) is 0 Å². The largest absolute Gasteiger partial charge is 0.322 e. The van der Waals surface area contributed by atoms with E-state index in [1.54, 1.807) is 0 Å².